The number of fused-ring (bicyclic) bond motifs is 9. The topological polar surface area (TPSA) is 29.5 Å². The van der Waals surface area contributed by atoms with Gasteiger partial charge in [-0.1, -0.05) is 178 Å². The molecule has 9 aromatic carbocycles. The van der Waals surface area contributed by atoms with E-state index >= 15 is 0 Å². The van der Waals surface area contributed by atoms with Crippen LogP contribution < -0.4 is 4.90 Å². The van der Waals surface area contributed by atoms with Crippen molar-refractivity contribution < 1.29 is 8.83 Å². The fraction of sp³-hybridized carbons (Fsp3) is 0.0526. The first kappa shape index (κ1) is 34.4. The van der Waals surface area contributed by atoms with E-state index in [4.69, 9.17) is 8.83 Å². The van der Waals surface area contributed by atoms with Crippen LogP contribution in [-0.2, 0) is 5.41 Å². The molecule has 1 aliphatic carbocycles. The highest BCUT2D eigenvalue weighted by Crippen LogP contribution is 2.52. The molecule has 2 aromatic heterocycles. The zero-order valence-corrected chi connectivity index (χ0v) is 33.3. The molecule has 0 aliphatic heterocycles. The van der Waals surface area contributed by atoms with Crippen molar-refractivity contribution in [3.05, 3.63) is 211 Å². The summed E-state index contributed by atoms with van der Waals surface area (Å²) < 4.78 is 13.8. The van der Waals surface area contributed by atoms with E-state index in [1.165, 1.54) is 33.4 Å². The molecule has 3 nitrogen and oxygen atoms in total. The maximum atomic E-state index is 7.06. The molecule has 60 heavy (non-hydrogen) atoms. The second-order valence-corrected chi connectivity index (χ2v) is 16.4. The van der Waals surface area contributed by atoms with Crippen molar-refractivity contribution in [2.24, 2.45) is 0 Å². The van der Waals surface area contributed by atoms with Gasteiger partial charge in [0.2, 0.25) is 0 Å². The third-order valence-corrected chi connectivity index (χ3v) is 12.7. The van der Waals surface area contributed by atoms with Crippen molar-refractivity contribution >= 4 is 60.9 Å². The first-order valence-electron chi connectivity index (χ1n) is 20.7. The summed E-state index contributed by atoms with van der Waals surface area (Å²) in [6.45, 7) is 4.69. The lowest BCUT2D eigenvalue weighted by Crippen LogP contribution is -2.17. The van der Waals surface area contributed by atoms with Crippen molar-refractivity contribution in [2.75, 3.05) is 4.90 Å². The second kappa shape index (κ2) is 13.2. The van der Waals surface area contributed by atoms with Gasteiger partial charge in [0, 0.05) is 43.8 Å². The maximum absolute atomic E-state index is 7.06. The second-order valence-electron chi connectivity index (χ2n) is 16.4. The quantitative estimate of drug-likeness (QED) is 0.169. The number of hydrogen-bond acceptors (Lipinski definition) is 3. The van der Waals surface area contributed by atoms with Crippen molar-refractivity contribution in [3.8, 4) is 44.5 Å². The van der Waals surface area contributed by atoms with Gasteiger partial charge in [0.15, 0.2) is 5.58 Å². The van der Waals surface area contributed by atoms with Crippen LogP contribution in [-0.4, -0.2) is 0 Å². The lowest BCUT2D eigenvalue weighted by Gasteiger charge is -2.29. The van der Waals surface area contributed by atoms with Crippen LogP contribution in [0.25, 0.3) is 88.4 Å². The van der Waals surface area contributed by atoms with Crippen molar-refractivity contribution in [2.45, 2.75) is 19.3 Å². The van der Waals surface area contributed by atoms with Crippen LogP contribution in [0.15, 0.2) is 209 Å². The summed E-state index contributed by atoms with van der Waals surface area (Å²) in [4.78, 5) is 2.40. The van der Waals surface area contributed by atoms with E-state index in [0.29, 0.717) is 0 Å². The summed E-state index contributed by atoms with van der Waals surface area (Å²) in [5.74, 6) is 0. The third kappa shape index (κ3) is 5.22. The number of rotatable bonds is 6. The minimum absolute atomic E-state index is 0.164. The summed E-state index contributed by atoms with van der Waals surface area (Å²) in [5, 5.41) is 4.17. The van der Waals surface area contributed by atoms with E-state index < -0.39 is 0 Å². The van der Waals surface area contributed by atoms with E-state index in [-0.39, 0.29) is 5.41 Å². The Labute approximate surface area is 348 Å². The Hall–Kier alpha value is -7.62. The fourth-order valence-corrected chi connectivity index (χ4v) is 9.72. The number of furan rings is 2. The van der Waals surface area contributed by atoms with E-state index in [1.807, 2.05) is 6.07 Å². The lowest BCUT2D eigenvalue weighted by molar-refractivity contribution is 0.660. The Bertz CT molecular complexity index is 3450. The molecular weight excluding hydrogens is 731 g/mol. The number of hydrogen-bond donors (Lipinski definition) is 0. The Morgan fingerprint density at radius 3 is 1.62 bits per heavy atom. The molecule has 12 rings (SSSR count). The van der Waals surface area contributed by atoms with Crippen molar-refractivity contribution in [1.82, 2.24) is 0 Å². The minimum Gasteiger partial charge on any atom is -0.455 e. The monoisotopic (exact) mass is 769 g/mol. The van der Waals surface area contributed by atoms with Crippen LogP contribution in [0.5, 0.6) is 0 Å². The molecular formula is C57H39NO2. The highest BCUT2D eigenvalue weighted by molar-refractivity contribution is 6.18. The molecule has 0 radical (unpaired) electrons. The largest absolute Gasteiger partial charge is 0.455 e. The molecule has 0 saturated carbocycles. The fourth-order valence-electron chi connectivity index (χ4n) is 9.72. The standard InChI is InChI=1S/C57H39NO2/c1-57(2)49-24-11-9-20-43(49)44-32-31-40(33-50(44)57)58(51-25-12-10-19-41(51)39-29-27-37(28-30-39)36-15-5-3-6-16-36)52-26-14-23-46-48-35-53-47(34-54(48)60-56(46)52)45-22-13-21-42(55(45)59-53)38-17-7-4-8-18-38/h3-35H,1-2H3. The van der Waals surface area contributed by atoms with Gasteiger partial charge in [-0.2, -0.15) is 0 Å². The maximum Gasteiger partial charge on any atom is 0.159 e. The van der Waals surface area contributed by atoms with Gasteiger partial charge >= 0.3 is 0 Å². The third-order valence-electron chi connectivity index (χ3n) is 12.7. The van der Waals surface area contributed by atoms with Gasteiger partial charge in [0.05, 0.1) is 11.4 Å². The molecule has 0 atom stereocenters. The first-order chi connectivity index (χ1) is 29.5. The van der Waals surface area contributed by atoms with Crippen molar-refractivity contribution in [3.63, 3.8) is 0 Å². The molecule has 0 bridgehead atoms. The minimum atomic E-state index is -0.164. The van der Waals surface area contributed by atoms with E-state index in [9.17, 15) is 0 Å². The molecule has 284 valence electrons. The van der Waals surface area contributed by atoms with Crippen LogP contribution in [0.4, 0.5) is 17.1 Å². The number of nitrogens with zero attached hydrogens (tertiary/aromatic N) is 1. The Morgan fingerprint density at radius 2 is 0.867 bits per heavy atom. The SMILES string of the molecule is CC1(C)c2ccccc2-c2ccc(N(c3ccccc3-c3ccc(-c4ccccc4)cc3)c3cccc4c3oc3cc5c(cc34)oc3c(-c4ccccc4)cccc35)cc21. The average Bonchev–Trinajstić information content (AvgIpc) is 3.93. The molecule has 0 amide bonds. The van der Waals surface area contributed by atoms with Gasteiger partial charge in [-0.15, -0.1) is 0 Å². The van der Waals surface area contributed by atoms with Crippen LogP contribution in [0.1, 0.15) is 25.0 Å². The molecule has 2 heterocycles. The number of para-hydroxylation sites is 3. The molecule has 3 heteroatoms. The van der Waals surface area contributed by atoms with Gasteiger partial charge < -0.3 is 13.7 Å². The van der Waals surface area contributed by atoms with Crippen LogP contribution in [0.2, 0.25) is 0 Å². The highest BCUT2D eigenvalue weighted by atomic mass is 16.3. The van der Waals surface area contributed by atoms with Crippen LogP contribution in [0, 0.1) is 0 Å². The molecule has 0 fully saturated rings. The smallest absolute Gasteiger partial charge is 0.159 e. The Balaban J connectivity index is 1.07. The molecule has 11 aromatic rings. The zero-order chi connectivity index (χ0) is 40.0. The molecule has 0 saturated heterocycles. The zero-order valence-electron chi connectivity index (χ0n) is 33.3. The van der Waals surface area contributed by atoms with Gasteiger partial charge in [-0.25, -0.2) is 0 Å². The van der Waals surface area contributed by atoms with Crippen molar-refractivity contribution in [1.29, 1.82) is 0 Å². The molecule has 0 N–H and O–H groups in total. The summed E-state index contributed by atoms with van der Waals surface area (Å²) in [5.41, 5.74) is 18.5. The highest BCUT2D eigenvalue weighted by Gasteiger charge is 2.36. The van der Waals surface area contributed by atoms with E-state index in [0.717, 1.165) is 83.2 Å². The van der Waals surface area contributed by atoms with Gasteiger partial charge in [0.1, 0.15) is 16.7 Å². The molecule has 0 spiro atoms. The van der Waals surface area contributed by atoms with E-state index in [1.54, 1.807) is 0 Å². The summed E-state index contributed by atoms with van der Waals surface area (Å²) in [6.07, 6.45) is 0. The number of anilines is 3. The molecule has 0 unspecified atom stereocenters. The summed E-state index contributed by atoms with van der Waals surface area (Å²) in [7, 11) is 0. The number of benzene rings is 9. The lowest BCUT2D eigenvalue weighted by atomic mass is 9.82. The first-order valence-corrected chi connectivity index (χ1v) is 20.7. The normalized spacial score (nSPS) is 13.0. The molecule has 1 aliphatic rings. The predicted octanol–water partition coefficient (Wildman–Crippen LogP) is 16.3. The van der Waals surface area contributed by atoms with E-state index in [2.05, 4.69) is 213 Å². The Morgan fingerprint density at radius 1 is 0.350 bits per heavy atom. The average molecular weight is 770 g/mol. The Kier molecular flexibility index (Phi) is 7.58. The van der Waals surface area contributed by atoms with Gasteiger partial charge in [0.25, 0.3) is 0 Å². The van der Waals surface area contributed by atoms with Gasteiger partial charge in [-0.05, 0) is 80.9 Å². The summed E-state index contributed by atoms with van der Waals surface area (Å²) in [6, 6.07) is 71.7. The van der Waals surface area contributed by atoms with Gasteiger partial charge in [-0.3, -0.25) is 0 Å². The summed E-state index contributed by atoms with van der Waals surface area (Å²) >= 11 is 0. The van der Waals surface area contributed by atoms with Crippen LogP contribution >= 0.6 is 0 Å². The van der Waals surface area contributed by atoms with Crippen LogP contribution in [0.3, 0.4) is 0 Å². The predicted molar refractivity (Wildman–Crippen MR) is 250 cm³/mol.